The Morgan fingerprint density at radius 1 is 1.06 bits per heavy atom. The fourth-order valence-corrected chi connectivity index (χ4v) is 4.94. The summed E-state index contributed by atoms with van der Waals surface area (Å²) in [6.45, 7) is 1.55. The van der Waals surface area contributed by atoms with E-state index in [1.165, 1.54) is 24.8 Å². The number of nitrogens with zero attached hydrogens (tertiary/aromatic N) is 3. The van der Waals surface area contributed by atoms with Crippen LogP contribution in [0.1, 0.15) is 62.1 Å². The molecule has 3 heterocycles. The Labute approximate surface area is 188 Å². The molecule has 2 aromatic heterocycles. The monoisotopic (exact) mass is 430 g/mol. The van der Waals surface area contributed by atoms with Gasteiger partial charge in [-0.25, -0.2) is 4.98 Å². The highest BCUT2D eigenvalue weighted by Gasteiger charge is 2.24. The number of carbonyl (C=O) groups excluding carboxylic acids is 1. The molecule has 6 heteroatoms. The topological polar surface area (TPSA) is 71.1 Å². The number of aromatic amines is 1. The van der Waals surface area contributed by atoms with Gasteiger partial charge in [-0.3, -0.25) is 9.89 Å². The van der Waals surface area contributed by atoms with Crippen LogP contribution in [0.25, 0.3) is 17.0 Å². The van der Waals surface area contributed by atoms with E-state index in [9.17, 15) is 4.79 Å². The van der Waals surface area contributed by atoms with Crippen LogP contribution in [0.3, 0.4) is 0 Å². The van der Waals surface area contributed by atoms with Gasteiger partial charge in [0.15, 0.2) is 0 Å². The molecule has 1 aromatic carbocycles. The largest absolute Gasteiger partial charge is 0.474 e. The Balaban J connectivity index is 1.31. The molecule has 1 atom stereocenters. The Morgan fingerprint density at radius 3 is 2.75 bits per heavy atom. The highest BCUT2D eigenvalue weighted by Crippen LogP contribution is 2.30. The lowest BCUT2D eigenvalue weighted by atomic mass is 9.90. The summed E-state index contributed by atoms with van der Waals surface area (Å²) >= 11 is 0. The maximum Gasteiger partial charge on any atom is 0.246 e. The number of carbonyl (C=O) groups is 1. The number of amides is 1. The summed E-state index contributed by atoms with van der Waals surface area (Å²) in [6, 6.07) is 12.4. The van der Waals surface area contributed by atoms with Gasteiger partial charge >= 0.3 is 0 Å². The average Bonchev–Trinajstić information content (AvgIpc) is 3.28. The normalized spacial score (nSPS) is 20.1. The zero-order chi connectivity index (χ0) is 21.8. The third-order valence-corrected chi connectivity index (χ3v) is 6.69. The summed E-state index contributed by atoms with van der Waals surface area (Å²) in [7, 11) is 0. The van der Waals surface area contributed by atoms with Gasteiger partial charge in [-0.1, -0.05) is 36.8 Å². The van der Waals surface area contributed by atoms with Crippen molar-refractivity contribution in [1.82, 2.24) is 20.1 Å². The Morgan fingerprint density at radius 2 is 1.91 bits per heavy atom. The first-order chi connectivity index (χ1) is 15.8. The van der Waals surface area contributed by atoms with Gasteiger partial charge in [0.05, 0.1) is 16.6 Å². The van der Waals surface area contributed by atoms with Crippen molar-refractivity contribution in [3.05, 3.63) is 59.9 Å². The van der Waals surface area contributed by atoms with Gasteiger partial charge in [-0.05, 0) is 56.2 Å². The number of hydrogen-bond donors (Lipinski definition) is 1. The second-order valence-electron chi connectivity index (χ2n) is 8.89. The number of piperidine rings is 1. The number of fused-ring (bicyclic) bond motifs is 1. The second kappa shape index (κ2) is 9.55. The summed E-state index contributed by atoms with van der Waals surface area (Å²) in [4.78, 5) is 19.4. The molecule has 2 fully saturated rings. The molecule has 1 saturated heterocycles. The van der Waals surface area contributed by atoms with Crippen molar-refractivity contribution in [2.24, 2.45) is 0 Å². The van der Waals surface area contributed by atoms with Gasteiger partial charge in [0, 0.05) is 31.3 Å². The third kappa shape index (κ3) is 4.54. The number of pyridine rings is 1. The summed E-state index contributed by atoms with van der Waals surface area (Å²) < 4.78 is 6.25. The van der Waals surface area contributed by atoms with E-state index in [2.05, 4.69) is 39.4 Å². The second-order valence-corrected chi connectivity index (χ2v) is 8.89. The molecule has 3 aromatic rings. The summed E-state index contributed by atoms with van der Waals surface area (Å²) in [6.07, 6.45) is 13.3. The number of nitrogens with one attached hydrogen (secondary N) is 1. The van der Waals surface area contributed by atoms with E-state index < -0.39 is 0 Å². The molecule has 166 valence electrons. The van der Waals surface area contributed by atoms with Gasteiger partial charge in [-0.2, -0.15) is 5.10 Å². The molecule has 2 aliphatic rings. The quantitative estimate of drug-likeness (QED) is 0.573. The first kappa shape index (κ1) is 20.7. The van der Waals surface area contributed by atoms with Gasteiger partial charge in [0.1, 0.15) is 6.10 Å². The molecule has 1 saturated carbocycles. The molecule has 5 rings (SSSR count). The Hall–Kier alpha value is -3.15. The van der Waals surface area contributed by atoms with Crippen LogP contribution >= 0.6 is 0 Å². The van der Waals surface area contributed by atoms with Crippen LogP contribution < -0.4 is 4.74 Å². The van der Waals surface area contributed by atoms with Crippen molar-refractivity contribution in [3.8, 4) is 5.88 Å². The molecule has 0 radical (unpaired) electrons. The van der Waals surface area contributed by atoms with E-state index in [1.807, 2.05) is 17.0 Å². The van der Waals surface area contributed by atoms with Crippen LogP contribution in [-0.2, 0) is 4.79 Å². The maximum absolute atomic E-state index is 13.0. The van der Waals surface area contributed by atoms with Crippen LogP contribution in [0.4, 0.5) is 0 Å². The van der Waals surface area contributed by atoms with Gasteiger partial charge in [0.25, 0.3) is 0 Å². The predicted octanol–water partition coefficient (Wildman–Crippen LogP) is 5.09. The van der Waals surface area contributed by atoms with Crippen LogP contribution in [0, 0.1) is 0 Å². The fraction of sp³-hybridized carbons (Fsp3) is 0.423. The molecule has 32 heavy (non-hydrogen) atoms. The molecular weight excluding hydrogens is 400 g/mol. The average molecular weight is 431 g/mol. The van der Waals surface area contributed by atoms with Crippen LogP contribution in [0.5, 0.6) is 5.88 Å². The predicted molar refractivity (Wildman–Crippen MR) is 125 cm³/mol. The van der Waals surface area contributed by atoms with E-state index in [1.54, 1.807) is 18.3 Å². The molecule has 0 unspecified atom stereocenters. The molecule has 1 N–H and O–H groups in total. The SMILES string of the molecule is O=C(/C=C/c1n[nH]c2ccnc(OC3CCCCC3)c12)N1CCC[C@H](c2ccccc2)C1. The number of rotatable bonds is 5. The number of H-pyrrole nitrogens is 1. The molecule has 6 nitrogen and oxygen atoms in total. The van der Waals surface area contributed by atoms with Crippen molar-refractivity contribution < 1.29 is 9.53 Å². The zero-order valence-corrected chi connectivity index (χ0v) is 18.4. The van der Waals surface area contributed by atoms with Crippen molar-refractivity contribution in [3.63, 3.8) is 0 Å². The van der Waals surface area contributed by atoms with E-state index >= 15 is 0 Å². The summed E-state index contributed by atoms with van der Waals surface area (Å²) in [5.41, 5.74) is 2.88. The molecular formula is C26H30N4O2. The lowest BCUT2D eigenvalue weighted by Crippen LogP contribution is -2.38. The summed E-state index contributed by atoms with van der Waals surface area (Å²) in [5.74, 6) is 1.03. The van der Waals surface area contributed by atoms with E-state index in [-0.39, 0.29) is 12.0 Å². The minimum Gasteiger partial charge on any atom is -0.474 e. The molecule has 1 aliphatic carbocycles. The number of hydrogen-bond acceptors (Lipinski definition) is 4. The van der Waals surface area contributed by atoms with Crippen LogP contribution in [-0.4, -0.2) is 45.2 Å². The lowest BCUT2D eigenvalue weighted by molar-refractivity contribution is -0.127. The minimum absolute atomic E-state index is 0.0282. The summed E-state index contributed by atoms with van der Waals surface area (Å²) in [5, 5.41) is 8.33. The standard InChI is InChI=1S/C26H30N4O2/c31-24(30-17-7-10-20(18-30)19-8-3-1-4-9-19)14-13-22-25-23(29-28-22)15-16-27-26(25)32-21-11-5-2-6-12-21/h1,3-4,8-9,13-16,20-21H,2,5-7,10-12,17-18H2,(H,28,29)/b14-13+/t20-/m0/s1. The maximum atomic E-state index is 13.0. The highest BCUT2D eigenvalue weighted by atomic mass is 16.5. The zero-order valence-electron chi connectivity index (χ0n) is 18.4. The number of ether oxygens (including phenoxy) is 1. The van der Waals surface area contributed by atoms with Crippen LogP contribution in [0.15, 0.2) is 48.7 Å². The van der Waals surface area contributed by atoms with E-state index in [0.717, 1.165) is 49.7 Å². The van der Waals surface area contributed by atoms with Gasteiger partial charge in [-0.15, -0.1) is 0 Å². The van der Waals surface area contributed by atoms with Crippen molar-refractivity contribution in [2.75, 3.05) is 13.1 Å². The minimum atomic E-state index is 0.0282. The highest BCUT2D eigenvalue weighted by molar-refractivity contribution is 5.96. The lowest BCUT2D eigenvalue weighted by Gasteiger charge is -2.32. The molecule has 0 bridgehead atoms. The van der Waals surface area contributed by atoms with E-state index in [0.29, 0.717) is 17.5 Å². The molecule has 1 amide bonds. The third-order valence-electron chi connectivity index (χ3n) is 6.69. The Bertz CT molecular complexity index is 1090. The van der Waals surface area contributed by atoms with Gasteiger partial charge < -0.3 is 9.64 Å². The van der Waals surface area contributed by atoms with Crippen molar-refractivity contribution >= 4 is 22.9 Å². The first-order valence-electron chi connectivity index (χ1n) is 11.8. The number of aromatic nitrogens is 3. The smallest absolute Gasteiger partial charge is 0.246 e. The van der Waals surface area contributed by atoms with Crippen molar-refractivity contribution in [2.45, 2.75) is 57.0 Å². The van der Waals surface area contributed by atoms with Crippen LogP contribution in [0.2, 0.25) is 0 Å². The first-order valence-corrected chi connectivity index (χ1v) is 11.8. The van der Waals surface area contributed by atoms with E-state index in [4.69, 9.17) is 4.74 Å². The van der Waals surface area contributed by atoms with Gasteiger partial charge in [0.2, 0.25) is 11.8 Å². The van der Waals surface area contributed by atoms with Crippen molar-refractivity contribution in [1.29, 1.82) is 0 Å². The number of likely N-dealkylation sites (tertiary alicyclic amines) is 1. The number of benzene rings is 1. The molecule has 1 aliphatic heterocycles. The fourth-order valence-electron chi connectivity index (χ4n) is 4.94. The Kier molecular flexibility index (Phi) is 6.19. The molecule has 0 spiro atoms.